The van der Waals surface area contributed by atoms with Crippen molar-refractivity contribution in [3.05, 3.63) is 42.1 Å². The van der Waals surface area contributed by atoms with Gasteiger partial charge in [-0.3, -0.25) is 4.98 Å². The molecule has 1 heterocycles. The van der Waals surface area contributed by atoms with E-state index in [1.165, 1.54) is 10.9 Å². The summed E-state index contributed by atoms with van der Waals surface area (Å²) in [6.45, 7) is 8.40. The van der Waals surface area contributed by atoms with Crippen molar-refractivity contribution in [2.24, 2.45) is 0 Å². The maximum atomic E-state index is 4.32. The second kappa shape index (κ2) is 5.50. The molecule has 2 aromatic rings. The summed E-state index contributed by atoms with van der Waals surface area (Å²) < 4.78 is 0. The molecule has 0 N–H and O–H groups in total. The van der Waals surface area contributed by atoms with Crippen LogP contribution >= 0.6 is 0 Å². The van der Waals surface area contributed by atoms with Gasteiger partial charge in [0.1, 0.15) is 0 Å². The van der Waals surface area contributed by atoms with Crippen LogP contribution < -0.4 is 0 Å². The Morgan fingerprint density at radius 3 is 2.47 bits per heavy atom. The molecule has 0 amide bonds. The number of nitrogens with zero attached hydrogens (tertiary/aromatic N) is 1. The molecule has 0 radical (unpaired) electrons. The third-order valence-electron chi connectivity index (χ3n) is 2.30. The lowest BCUT2D eigenvalue weighted by Crippen LogP contribution is -1.87. The molecule has 0 aliphatic carbocycles. The van der Waals surface area contributed by atoms with Crippen molar-refractivity contribution in [2.75, 3.05) is 0 Å². The first kappa shape index (κ1) is 11.7. The molecule has 1 heteroatoms. The number of fused-ring (bicyclic) bond motifs is 1. The number of pyridine rings is 1. The Balaban J connectivity index is 0.000000531. The normalized spacial score (nSPS) is 9.93. The maximum Gasteiger partial charge on any atom is 0.0704 e. The Morgan fingerprint density at radius 1 is 1.07 bits per heavy atom. The van der Waals surface area contributed by atoms with Crippen LogP contribution in [0.4, 0.5) is 0 Å². The average Bonchev–Trinajstić information content (AvgIpc) is 2.31. The Morgan fingerprint density at radius 2 is 1.80 bits per heavy atom. The Labute approximate surface area is 92.2 Å². The van der Waals surface area contributed by atoms with Crippen LogP contribution in [-0.2, 0) is 0 Å². The monoisotopic (exact) mass is 201 g/mol. The molecule has 1 aromatic carbocycles. The largest absolute Gasteiger partial charge is 0.256 e. The molecular weight excluding hydrogens is 182 g/mol. The molecule has 0 saturated carbocycles. The van der Waals surface area contributed by atoms with Crippen LogP contribution in [0, 0.1) is 0 Å². The summed E-state index contributed by atoms with van der Waals surface area (Å²) in [5, 5.41) is 1.21. The van der Waals surface area contributed by atoms with E-state index < -0.39 is 0 Å². The predicted molar refractivity (Wildman–Crippen MR) is 67.2 cm³/mol. The van der Waals surface area contributed by atoms with E-state index in [9.17, 15) is 0 Å². The molecule has 0 unspecified atom stereocenters. The molecule has 0 spiro atoms. The van der Waals surface area contributed by atoms with Gasteiger partial charge in [0.15, 0.2) is 0 Å². The van der Waals surface area contributed by atoms with E-state index >= 15 is 0 Å². The molecule has 0 aliphatic rings. The van der Waals surface area contributed by atoms with Gasteiger partial charge in [-0.15, -0.1) is 0 Å². The number of hydrogen-bond donors (Lipinski definition) is 0. The first-order valence-electron chi connectivity index (χ1n) is 5.62. The van der Waals surface area contributed by atoms with E-state index in [2.05, 4.69) is 43.1 Å². The van der Waals surface area contributed by atoms with Gasteiger partial charge < -0.3 is 0 Å². The Bertz CT molecular complexity index is 418. The quantitative estimate of drug-likeness (QED) is 0.667. The summed E-state index contributed by atoms with van der Waals surface area (Å²) in [6.07, 6.45) is 1.84. The van der Waals surface area contributed by atoms with Crippen molar-refractivity contribution in [3.63, 3.8) is 0 Å². The molecule has 2 rings (SSSR count). The van der Waals surface area contributed by atoms with Gasteiger partial charge in [-0.1, -0.05) is 45.9 Å². The second-order valence-electron chi connectivity index (χ2n) is 3.61. The van der Waals surface area contributed by atoms with Crippen LogP contribution in [0.2, 0.25) is 0 Å². The molecule has 0 bridgehead atoms. The van der Waals surface area contributed by atoms with Crippen LogP contribution in [0.25, 0.3) is 10.9 Å². The van der Waals surface area contributed by atoms with Gasteiger partial charge in [-0.05, 0) is 23.6 Å². The molecule has 1 aromatic heterocycles. The minimum atomic E-state index is 0.575. The van der Waals surface area contributed by atoms with E-state index in [1.54, 1.807) is 0 Å². The van der Waals surface area contributed by atoms with Crippen LogP contribution in [0.3, 0.4) is 0 Å². The summed E-state index contributed by atoms with van der Waals surface area (Å²) >= 11 is 0. The third kappa shape index (κ3) is 2.79. The number of benzene rings is 1. The fourth-order valence-corrected chi connectivity index (χ4v) is 1.44. The second-order valence-corrected chi connectivity index (χ2v) is 3.61. The molecule has 0 atom stereocenters. The van der Waals surface area contributed by atoms with Gasteiger partial charge in [-0.25, -0.2) is 0 Å². The summed E-state index contributed by atoms with van der Waals surface area (Å²) in [4.78, 5) is 4.32. The molecular formula is C14H19N. The van der Waals surface area contributed by atoms with Gasteiger partial charge in [0.05, 0.1) is 5.52 Å². The molecule has 80 valence electrons. The van der Waals surface area contributed by atoms with E-state index in [-0.39, 0.29) is 0 Å². The maximum absolute atomic E-state index is 4.32. The van der Waals surface area contributed by atoms with Crippen molar-refractivity contribution in [3.8, 4) is 0 Å². The highest BCUT2D eigenvalue weighted by Gasteiger charge is 1.99. The number of rotatable bonds is 1. The minimum Gasteiger partial charge on any atom is -0.256 e. The summed E-state index contributed by atoms with van der Waals surface area (Å²) in [6, 6.07) is 10.5. The topological polar surface area (TPSA) is 12.9 Å². The Hall–Kier alpha value is -1.37. The van der Waals surface area contributed by atoms with Crippen molar-refractivity contribution in [1.29, 1.82) is 0 Å². The van der Waals surface area contributed by atoms with Crippen molar-refractivity contribution in [2.45, 2.75) is 33.6 Å². The first-order chi connectivity index (χ1) is 7.27. The lowest BCUT2D eigenvalue weighted by Gasteiger charge is -2.05. The third-order valence-corrected chi connectivity index (χ3v) is 2.30. The highest BCUT2D eigenvalue weighted by Crippen LogP contribution is 2.19. The smallest absolute Gasteiger partial charge is 0.0704 e. The fourth-order valence-electron chi connectivity index (χ4n) is 1.44. The van der Waals surface area contributed by atoms with Crippen LogP contribution in [0.1, 0.15) is 39.2 Å². The fraction of sp³-hybridized carbons (Fsp3) is 0.357. The average molecular weight is 201 g/mol. The standard InChI is InChI=1S/C12H13N.C2H6/c1-9(2)11-6-5-10-4-3-7-13-12(10)8-11;1-2/h3-9H,1-2H3;1-2H3. The number of hydrogen-bond acceptors (Lipinski definition) is 1. The predicted octanol–water partition coefficient (Wildman–Crippen LogP) is 4.38. The summed E-state index contributed by atoms with van der Waals surface area (Å²) in [7, 11) is 0. The molecule has 1 nitrogen and oxygen atoms in total. The summed E-state index contributed by atoms with van der Waals surface area (Å²) in [5.41, 5.74) is 2.44. The highest BCUT2D eigenvalue weighted by molar-refractivity contribution is 5.78. The van der Waals surface area contributed by atoms with Gasteiger partial charge in [-0.2, -0.15) is 0 Å². The molecule has 0 aliphatic heterocycles. The molecule has 0 saturated heterocycles. The Kier molecular flexibility index (Phi) is 4.29. The zero-order valence-corrected chi connectivity index (χ0v) is 9.99. The van der Waals surface area contributed by atoms with Crippen LogP contribution in [-0.4, -0.2) is 4.98 Å². The van der Waals surface area contributed by atoms with E-state index in [0.29, 0.717) is 5.92 Å². The number of aromatic nitrogens is 1. The van der Waals surface area contributed by atoms with Gasteiger partial charge in [0.25, 0.3) is 0 Å². The van der Waals surface area contributed by atoms with Gasteiger partial charge in [0, 0.05) is 11.6 Å². The van der Waals surface area contributed by atoms with Crippen LogP contribution in [0.15, 0.2) is 36.5 Å². The lowest BCUT2D eigenvalue weighted by atomic mass is 10.0. The highest BCUT2D eigenvalue weighted by atomic mass is 14.6. The summed E-state index contributed by atoms with van der Waals surface area (Å²) in [5.74, 6) is 0.575. The van der Waals surface area contributed by atoms with Crippen molar-refractivity contribution >= 4 is 10.9 Å². The SMILES string of the molecule is CC.CC(C)c1ccc2cccnc2c1. The first-order valence-corrected chi connectivity index (χ1v) is 5.62. The molecule has 0 fully saturated rings. The van der Waals surface area contributed by atoms with Gasteiger partial charge in [0.2, 0.25) is 0 Å². The zero-order valence-electron chi connectivity index (χ0n) is 9.99. The molecule has 15 heavy (non-hydrogen) atoms. The van der Waals surface area contributed by atoms with E-state index in [0.717, 1.165) is 5.52 Å². The zero-order chi connectivity index (χ0) is 11.3. The van der Waals surface area contributed by atoms with Gasteiger partial charge >= 0.3 is 0 Å². The van der Waals surface area contributed by atoms with Crippen molar-refractivity contribution < 1.29 is 0 Å². The lowest BCUT2D eigenvalue weighted by molar-refractivity contribution is 0.868. The van der Waals surface area contributed by atoms with Crippen molar-refractivity contribution in [1.82, 2.24) is 4.98 Å². The minimum absolute atomic E-state index is 0.575. The van der Waals surface area contributed by atoms with Crippen LogP contribution in [0.5, 0.6) is 0 Å². The van der Waals surface area contributed by atoms with E-state index in [4.69, 9.17) is 0 Å². The van der Waals surface area contributed by atoms with E-state index in [1.807, 2.05) is 26.1 Å².